The van der Waals surface area contributed by atoms with Crippen LogP contribution in [0.25, 0.3) is 174 Å². The zero-order chi connectivity index (χ0) is 50.1. The normalized spacial score (nSPS) is 13.5. The molecule has 3 heterocycles. The Labute approximate surface area is 443 Å². The van der Waals surface area contributed by atoms with Crippen molar-refractivity contribution in [1.82, 2.24) is 4.90 Å². The van der Waals surface area contributed by atoms with Crippen LogP contribution in [0, 0.1) is 13.8 Å². The summed E-state index contributed by atoms with van der Waals surface area (Å²) in [5, 5.41) is 24.8. The number of imide groups is 1. The Bertz CT molecular complexity index is 4920. The Morgan fingerprint density at radius 2 is 0.592 bits per heavy atom. The van der Waals surface area contributed by atoms with Crippen LogP contribution < -0.4 is 0 Å². The molecule has 0 saturated carbocycles. The third kappa shape index (κ3) is 4.78. The van der Waals surface area contributed by atoms with Gasteiger partial charge in [-0.2, -0.15) is 0 Å². The topological polar surface area (TPSA) is 37.4 Å². The van der Waals surface area contributed by atoms with Crippen LogP contribution in [0.2, 0.25) is 0 Å². The minimum atomic E-state index is -0.265. The molecule has 5 heteroatoms. The van der Waals surface area contributed by atoms with Crippen LogP contribution in [0.15, 0.2) is 181 Å². The van der Waals surface area contributed by atoms with Gasteiger partial charge in [0.2, 0.25) is 0 Å². The Kier molecular flexibility index (Phi) is 7.74. The highest BCUT2D eigenvalue weighted by molar-refractivity contribution is 7.14. The molecule has 1 aliphatic heterocycles. The van der Waals surface area contributed by atoms with Crippen molar-refractivity contribution in [2.45, 2.75) is 13.8 Å². The van der Waals surface area contributed by atoms with E-state index in [1.807, 2.05) is 59.1 Å². The second-order valence-electron chi connectivity index (χ2n) is 21.3. The quantitative estimate of drug-likeness (QED) is 0.100. The van der Waals surface area contributed by atoms with E-state index in [4.69, 9.17) is 0 Å². The van der Waals surface area contributed by atoms with Crippen molar-refractivity contribution in [2.24, 2.45) is 0 Å². The number of carbonyl (C=O) groups excluding carboxylic acids is 2. The molecule has 0 unspecified atom stereocenters. The lowest BCUT2D eigenvalue weighted by Crippen LogP contribution is -2.24. The number of thiophene rings is 2. The van der Waals surface area contributed by atoms with Crippen molar-refractivity contribution in [1.29, 1.82) is 0 Å². The Balaban J connectivity index is 0.939. The van der Waals surface area contributed by atoms with Crippen molar-refractivity contribution in [3.05, 3.63) is 203 Å². The fourth-order valence-electron chi connectivity index (χ4n) is 14.8. The highest BCUT2D eigenvalue weighted by Gasteiger charge is 2.44. The van der Waals surface area contributed by atoms with Crippen molar-refractivity contribution in [3.63, 3.8) is 0 Å². The maximum Gasteiger partial charge on any atom is 0.261 e. The first kappa shape index (κ1) is 41.4. The summed E-state index contributed by atoms with van der Waals surface area (Å²) in [6.45, 7) is 4.53. The van der Waals surface area contributed by atoms with Crippen LogP contribution in [0.5, 0.6) is 0 Å². The number of aryl methyl sites for hydroxylation is 2. The molecule has 0 atom stereocenters. The van der Waals surface area contributed by atoms with E-state index in [0.29, 0.717) is 11.1 Å². The predicted octanol–water partition coefficient (Wildman–Crippen LogP) is 19.7. The molecule has 0 fully saturated rings. The van der Waals surface area contributed by atoms with E-state index < -0.39 is 0 Å². The van der Waals surface area contributed by atoms with Crippen LogP contribution in [0.4, 0.5) is 0 Å². The number of carbonyl (C=O) groups is 2. The van der Waals surface area contributed by atoms with Gasteiger partial charge >= 0.3 is 0 Å². The molecule has 76 heavy (non-hydrogen) atoms. The molecule has 15 aromatic rings. The van der Waals surface area contributed by atoms with Crippen LogP contribution in [-0.4, -0.2) is 23.8 Å². The first-order valence-electron chi connectivity index (χ1n) is 26.0. The van der Waals surface area contributed by atoms with Crippen LogP contribution in [-0.2, 0) is 0 Å². The van der Waals surface area contributed by atoms with Crippen molar-refractivity contribution < 1.29 is 9.59 Å². The van der Waals surface area contributed by atoms with Crippen LogP contribution >= 0.6 is 22.7 Å². The van der Waals surface area contributed by atoms with E-state index in [9.17, 15) is 9.59 Å². The molecular formula is C71H39NO2S2. The van der Waals surface area contributed by atoms with E-state index in [1.54, 1.807) is 7.05 Å². The summed E-state index contributed by atoms with van der Waals surface area (Å²) < 4.78 is 0. The van der Waals surface area contributed by atoms with Gasteiger partial charge in [-0.25, -0.2) is 0 Å². The van der Waals surface area contributed by atoms with Crippen molar-refractivity contribution in [2.75, 3.05) is 7.05 Å². The number of rotatable bonds is 4. The standard InChI is InChI=1S/C71H39NO2S2/c1-34-30-32-75-68(34)64-38-16-10-11-17-39(38)65(69-35(2)31-33-76-69)63-51-29-25-47-43-21-19-41-45-23-27-49-58-48(26-22-44(56(45)58)40-18-20-42(55(43)54(40)41)46-24-28-50(62(63)64)59(51)57(46)47)60-52(36-12-6-4-7-13-36)66-67(71(74)72(3)70(66)73)53(61(49)60)37-14-8-5-9-15-37/h4-33H,1-3H3. The third-order valence-corrected chi connectivity index (χ3v) is 19.8. The number of benzene rings is 13. The zero-order valence-electron chi connectivity index (χ0n) is 41.4. The SMILES string of the molecule is Cc1ccsc1-c1c2c(c(-c3sccc3C)c3ccccc13)-c1ccc3c4ccc5c6ccc7c8c(ccc(c9ccc(c%10ccc-2c1c%103)c4c95)c86)-c1c(-c2ccccc2)c2c(c(-c3ccccc3)c1-7)C(=O)N(C)C2=O. The average molecular weight is 1000 g/mol. The summed E-state index contributed by atoms with van der Waals surface area (Å²) in [4.78, 5) is 33.0. The van der Waals surface area contributed by atoms with E-state index in [-0.39, 0.29) is 11.8 Å². The zero-order valence-corrected chi connectivity index (χ0v) is 43.0. The van der Waals surface area contributed by atoms with Gasteiger partial charge < -0.3 is 0 Å². The number of amides is 2. The summed E-state index contributed by atoms with van der Waals surface area (Å²) in [5.74, 6) is -0.530. The molecule has 0 N–H and O–H groups in total. The summed E-state index contributed by atoms with van der Waals surface area (Å²) in [7, 11) is 1.61. The van der Waals surface area contributed by atoms with E-state index in [0.717, 1.165) is 44.5 Å². The molecule has 0 spiro atoms. The molecule has 352 valence electrons. The van der Waals surface area contributed by atoms with Gasteiger partial charge in [0.1, 0.15) is 0 Å². The summed E-state index contributed by atoms with van der Waals surface area (Å²) >= 11 is 3.71. The van der Waals surface area contributed by atoms with Gasteiger partial charge in [0.15, 0.2) is 0 Å². The second kappa shape index (κ2) is 14.2. The molecule has 0 bridgehead atoms. The van der Waals surface area contributed by atoms with E-state index >= 15 is 0 Å². The van der Waals surface area contributed by atoms with Crippen LogP contribution in [0.1, 0.15) is 31.8 Å². The molecule has 3 aliphatic rings. The van der Waals surface area contributed by atoms with Crippen LogP contribution in [0.3, 0.4) is 0 Å². The Morgan fingerprint density at radius 3 is 0.921 bits per heavy atom. The minimum absolute atomic E-state index is 0.265. The smallest absolute Gasteiger partial charge is 0.261 e. The molecule has 0 radical (unpaired) electrons. The van der Waals surface area contributed by atoms with Gasteiger partial charge in [0.25, 0.3) is 11.8 Å². The van der Waals surface area contributed by atoms with Crippen molar-refractivity contribution in [3.8, 4) is 87.6 Å². The summed E-state index contributed by atoms with van der Waals surface area (Å²) in [6.07, 6.45) is 0. The molecule has 2 aliphatic carbocycles. The highest BCUT2D eigenvalue weighted by Crippen LogP contribution is 2.63. The second-order valence-corrected chi connectivity index (χ2v) is 23.1. The number of nitrogens with zero attached hydrogens (tertiary/aromatic N) is 1. The number of hydrogen-bond acceptors (Lipinski definition) is 4. The van der Waals surface area contributed by atoms with Gasteiger partial charge in [0, 0.05) is 50.2 Å². The van der Waals surface area contributed by atoms with Gasteiger partial charge in [-0.15, -0.1) is 22.7 Å². The predicted molar refractivity (Wildman–Crippen MR) is 321 cm³/mol. The first-order chi connectivity index (χ1) is 37.4. The third-order valence-electron chi connectivity index (χ3n) is 17.8. The van der Waals surface area contributed by atoms with E-state index in [2.05, 4.69) is 158 Å². The molecule has 13 aromatic carbocycles. The molecule has 2 aromatic heterocycles. The van der Waals surface area contributed by atoms with Gasteiger partial charge in [0.05, 0.1) is 11.1 Å². The molecular weight excluding hydrogens is 963 g/mol. The highest BCUT2D eigenvalue weighted by atomic mass is 32.1. The van der Waals surface area contributed by atoms with Crippen molar-refractivity contribution >= 4 is 121 Å². The molecule has 3 nitrogen and oxygen atoms in total. The summed E-state index contributed by atoms with van der Waals surface area (Å²) in [5.41, 5.74) is 19.3. The van der Waals surface area contributed by atoms with E-state index in [1.165, 1.54) is 145 Å². The lowest BCUT2D eigenvalue weighted by Gasteiger charge is -2.20. The number of hydrogen-bond donors (Lipinski definition) is 0. The summed E-state index contributed by atoms with van der Waals surface area (Å²) in [6, 6.07) is 62.6. The molecule has 18 rings (SSSR count). The lowest BCUT2D eigenvalue weighted by molar-refractivity contribution is 0.0693. The average Bonchev–Trinajstić information content (AvgIpc) is 4.46. The van der Waals surface area contributed by atoms with Gasteiger partial charge in [-0.1, -0.05) is 158 Å². The minimum Gasteiger partial charge on any atom is -0.277 e. The van der Waals surface area contributed by atoms with Gasteiger partial charge in [-0.3, -0.25) is 14.5 Å². The number of fused-ring (bicyclic) bond motifs is 12. The molecule has 2 amide bonds. The fraction of sp³-hybridized carbons (Fsp3) is 0.0423. The fourth-order valence-corrected chi connectivity index (χ4v) is 16.7. The maximum atomic E-state index is 14.5. The Hall–Kier alpha value is -9.00. The molecule has 0 saturated heterocycles. The lowest BCUT2D eigenvalue weighted by atomic mass is 9.81. The Morgan fingerprint density at radius 1 is 0.289 bits per heavy atom. The van der Waals surface area contributed by atoms with Gasteiger partial charge in [-0.05, 0) is 179 Å². The monoisotopic (exact) mass is 1000 g/mol. The maximum absolute atomic E-state index is 14.5. The first-order valence-corrected chi connectivity index (χ1v) is 27.8. The largest absolute Gasteiger partial charge is 0.277 e.